The number of nitrogens with one attached hydrogen (secondary N) is 1. The van der Waals surface area contributed by atoms with Gasteiger partial charge in [0.2, 0.25) is 0 Å². The average Bonchev–Trinajstić information content (AvgIpc) is 2.91. The fourth-order valence-corrected chi connectivity index (χ4v) is 3.38. The first-order valence-electron chi connectivity index (χ1n) is 7.12. The molecule has 0 atom stereocenters. The van der Waals surface area contributed by atoms with Crippen LogP contribution in [0.5, 0.6) is 0 Å². The highest BCUT2D eigenvalue weighted by atomic mass is 32.1. The number of thiazole rings is 1. The zero-order chi connectivity index (χ0) is 16.9. The van der Waals surface area contributed by atoms with Gasteiger partial charge in [-0.2, -0.15) is 5.10 Å². The van der Waals surface area contributed by atoms with Gasteiger partial charge in [0.15, 0.2) is 3.95 Å². The van der Waals surface area contributed by atoms with E-state index in [9.17, 15) is 4.79 Å². The summed E-state index contributed by atoms with van der Waals surface area (Å²) in [6, 6.07) is 18.9. The highest BCUT2D eigenvalue weighted by Crippen LogP contribution is 2.25. The van der Waals surface area contributed by atoms with Crippen molar-refractivity contribution in [1.29, 1.82) is 0 Å². The summed E-state index contributed by atoms with van der Waals surface area (Å²) in [5.41, 5.74) is 10.3. The summed E-state index contributed by atoms with van der Waals surface area (Å²) >= 11 is 6.49. The van der Waals surface area contributed by atoms with Crippen molar-refractivity contribution in [2.45, 2.75) is 0 Å². The predicted molar refractivity (Wildman–Crippen MR) is 100 cm³/mol. The van der Waals surface area contributed by atoms with Gasteiger partial charge in [0.25, 0.3) is 5.91 Å². The van der Waals surface area contributed by atoms with Gasteiger partial charge < -0.3 is 5.73 Å². The third kappa shape index (κ3) is 3.42. The molecule has 3 rings (SSSR count). The number of hydrogen-bond donors (Lipinski definition) is 2. The molecule has 0 saturated heterocycles. The van der Waals surface area contributed by atoms with Crippen molar-refractivity contribution in [2.75, 3.05) is 5.73 Å². The van der Waals surface area contributed by atoms with Crippen LogP contribution >= 0.6 is 23.6 Å². The molecule has 3 aromatic rings. The maximum Gasteiger partial charge on any atom is 0.285 e. The van der Waals surface area contributed by atoms with Gasteiger partial charge in [-0.25, -0.2) is 5.43 Å². The van der Waals surface area contributed by atoms with E-state index in [0.717, 1.165) is 22.6 Å². The van der Waals surface area contributed by atoms with E-state index in [2.05, 4.69) is 10.5 Å². The SMILES string of the molecule is Nc1c(C(=O)N/N=C/c2ccccc2)sc(=S)n1-c1ccccc1. The largest absolute Gasteiger partial charge is 0.383 e. The van der Waals surface area contributed by atoms with E-state index in [4.69, 9.17) is 18.0 Å². The number of anilines is 1. The van der Waals surface area contributed by atoms with Gasteiger partial charge in [0, 0.05) is 5.69 Å². The Balaban J connectivity index is 1.82. The summed E-state index contributed by atoms with van der Waals surface area (Å²) in [5, 5.41) is 3.95. The third-order valence-corrected chi connectivity index (χ3v) is 4.63. The van der Waals surface area contributed by atoms with Crippen molar-refractivity contribution < 1.29 is 4.79 Å². The van der Waals surface area contributed by atoms with Gasteiger partial charge in [-0.05, 0) is 29.9 Å². The number of carbonyl (C=O) groups excluding carboxylic acids is 1. The normalized spacial score (nSPS) is 10.8. The van der Waals surface area contributed by atoms with Crippen LogP contribution in [-0.4, -0.2) is 16.7 Å². The summed E-state index contributed by atoms with van der Waals surface area (Å²) in [6.45, 7) is 0. The van der Waals surface area contributed by atoms with Gasteiger partial charge in [-0.3, -0.25) is 9.36 Å². The number of hydrogen-bond acceptors (Lipinski definition) is 5. The van der Waals surface area contributed by atoms with E-state index >= 15 is 0 Å². The van der Waals surface area contributed by atoms with Crippen molar-refractivity contribution >= 4 is 41.5 Å². The first-order valence-corrected chi connectivity index (χ1v) is 8.34. The van der Waals surface area contributed by atoms with Crippen molar-refractivity contribution in [3.8, 4) is 5.69 Å². The average molecular weight is 354 g/mol. The molecule has 1 heterocycles. The van der Waals surface area contributed by atoms with Crippen LogP contribution in [0.15, 0.2) is 65.8 Å². The molecule has 24 heavy (non-hydrogen) atoms. The van der Waals surface area contributed by atoms with Crippen LogP contribution in [0.2, 0.25) is 0 Å². The Morgan fingerprint density at radius 1 is 1.12 bits per heavy atom. The molecule has 0 aliphatic carbocycles. The lowest BCUT2D eigenvalue weighted by Gasteiger charge is -2.05. The van der Waals surface area contributed by atoms with Gasteiger partial charge >= 0.3 is 0 Å². The van der Waals surface area contributed by atoms with E-state index in [-0.39, 0.29) is 5.91 Å². The van der Waals surface area contributed by atoms with E-state index < -0.39 is 0 Å². The Bertz CT molecular complexity index is 930. The summed E-state index contributed by atoms with van der Waals surface area (Å²) < 4.78 is 2.19. The number of hydrazone groups is 1. The second-order valence-electron chi connectivity index (χ2n) is 4.86. The summed E-state index contributed by atoms with van der Waals surface area (Å²) in [5.74, 6) is -0.0749. The molecule has 1 amide bonds. The minimum Gasteiger partial charge on any atom is -0.383 e. The number of benzene rings is 2. The summed E-state index contributed by atoms with van der Waals surface area (Å²) in [6.07, 6.45) is 1.57. The first-order chi connectivity index (χ1) is 11.7. The Morgan fingerprint density at radius 2 is 1.75 bits per heavy atom. The molecule has 7 heteroatoms. The number of para-hydroxylation sites is 1. The minimum atomic E-state index is -0.384. The Hall–Kier alpha value is -2.77. The molecular formula is C17H14N4OS2. The fourth-order valence-electron chi connectivity index (χ4n) is 2.12. The van der Waals surface area contributed by atoms with Crippen LogP contribution in [0, 0.1) is 3.95 Å². The van der Waals surface area contributed by atoms with Crippen molar-refractivity contribution in [3.63, 3.8) is 0 Å². The van der Waals surface area contributed by atoms with Gasteiger partial charge in [-0.15, -0.1) is 0 Å². The molecule has 5 nitrogen and oxygen atoms in total. The molecule has 0 bridgehead atoms. The smallest absolute Gasteiger partial charge is 0.285 e. The summed E-state index contributed by atoms with van der Waals surface area (Å²) in [4.78, 5) is 12.6. The standard InChI is InChI=1S/C17H14N4OS2/c18-15-14(16(22)20-19-11-12-7-3-1-4-8-12)24-17(23)21(15)13-9-5-2-6-10-13/h1-11H,18H2,(H,20,22)/b19-11+. The molecule has 120 valence electrons. The van der Waals surface area contributed by atoms with Crippen LogP contribution in [0.3, 0.4) is 0 Å². The molecule has 0 unspecified atom stereocenters. The Labute approximate surface area is 148 Å². The van der Waals surface area contributed by atoms with Crippen LogP contribution < -0.4 is 11.2 Å². The third-order valence-electron chi connectivity index (χ3n) is 3.25. The lowest BCUT2D eigenvalue weighted by Crippen LogP contribution is -2.18. The molecule has 0 aliphatic heterocycles. The van der Waals surface area contributed by atoms with E-state index in [0.29, 0.717) is 14.6 Å². The molecule has 2 aromatic carbocycles. The van der Waals surface area contributed by atoms with Gasteiger partial charge in [0.1, 0.15) is 10.7 Å². The summed E-state index contributed by atoms with van der Waals surface area (Å²) in [7, 11) is 0. The number of nitrogens with zero attached hydrogens (tertiary/aromatic N) is 2. The predicted octanol–water partition coefficient (Wildman–Crippen LogP) is 3.61. The van der Waals surface area contributed by atoms with Gasteiger partial charge in [0.05, 0.1) is 6.21 Å². The van der Waals surface area contributed by atoms with Crippen LogP contribution in [0.4, 0.5) is 5.82 Å². The monoisotopic (exact) mass is 354 g/mol. The topological polar surface area (TPSA) is 72.4 Å². The van der Waals surface area contributed by atoms with Crippen LogP contribution in [0.1, 0.15) is 15.2 Å². The second kappa shape index (κ2) is 7.20. The molecule has 0 aliphatic rings. The van der Waals surface area contributed by atoms with E-state index in [1.54, 1.807) is 10.8 Å². The number of amides is 1. The second-order valence-corrected chi connectivity index (χ2v) is 6.51. The first kappa shape index (κ1) is 16.1. The molecular weight excluding hydrogens is 340 g/mol. The maximum atomic E-state index is 12.3. The van der Waals surface area contributed by atoms with E-state index in [1.165, 1.54) is 0 Å². The van der Waals surface area contributed by atoms with Crippen molar-refractivity contribution in [1.82, 2.24) is 9.99 Å². The van der Waals surface area contributed by atoms with Crippen molar-refractivity contribution in [3.05, 3.63) is 75.1 Å². The Morgan fingerprint density at radius 3 is 2.42 bits per heavy atom. The van der Waals surface area contributed by atoms with Crippen LogP contribution in [0.25, 0.3) is 5.69 Å². The van der Waals surface area contributed by atoms with Crippen molar-refractivity contribution in [2.24, 2.45) is 5.10 Å². The molecule has 0 radical (unpaired) electrons. The minimum absolute atomic E-state index is 0.309. The fraction of sp³-hybridized carbons (Fsp3) is 0. The molecule has 3 N–H and O–H groups in total. The highest BCUT2D eigenvalue weighted by molar-refractivity contribution is 7.73. The number of aromatic nitrogens is 1. The number of carbonyl (C=O) groups is 1. The Kier molecular flexibility index (Phi) is 4.83. The number of nitrogen functional groups attached to an aromatic ring is 1. The zero-order valence-corrected chi connectivity index (χ0v) is 14.2. The molecule has 0 fully saturated rings. The lowest BCUT2D eigenvalue weighted by atomic mass is 10.2. The molecule has 0 spiro atoms. The molecule has 0 saturated carbocycles. The van der Waals surface area contributed by atoms with Crippen LogP contribution in [-0.2, 0) is 0 Å². The number of nitrogens with two attached hydrogens (primary N) is 1. The number of rotatable bonds is 4. The lowest BCUT2D eigenvalue weighted by molar-refractivity contribution is 0.0959. The maximum absolute atomic E-state index is 12.3. The zero-order valence-electron chi connectivity index (χ0n) is 12.5. The quantitative estimate of drug-likeness (QED) is 0.427. The van der Waals surface area contributed by atoms with Gasteiger partial charge in [-0.1, -0.05) is 59.9 Å². The highest BCUT2D eigenvalue weighted by Gasteiger charge is 2.17. The van der Waals surface area contributed by atoms with E-state index in [1.807, 2.05) is 60.7 Å². The molecule has 1 aromatic heterocycles.